The maximum absolute atomic E-state index is 12.4. The monoisotopic (exact) mass is 280 g/mol. The Hall–Kier alpha value is -0.810. The van der Waals surface area contributed by atoms with E-state index in [1.807, 2.05) is 4.90 Å². The molecule has 0 aromatic rings. The highest BCUT2D eigenvalue weighted by Gasteiger charge is 2.49. The van der Waals surface area contributed by atoms with Gasteiger partial charge in [-0.3, -0.25) is 0 Å². The first-order chi connectivity index (χ1) is 9.74. The SMILES string of the molecule is O=C1OC2(CCN1C1CCOCC1)CC1CCC(C2)N1. The lowest BCUT2D eigenvalue weighted by Gasteiger charge is -2.47. The second kappa shape index (κ2) is 4.88. The first kappa shape index (κ1) is 12.9. The van der Waals surface area contributed by atoms with Gasteiger partial charge in [0.15, 0.2) is 0 Å². The van der Waals surface area contributed by atoms with Crippen LogP contribution in [0.2, 0.25) is 0 Å². The predicted octanol–water partition coefficient (Wildman–Crippen LogP) is 1.66. The Bertz CT molecular complexity index is 383. The number of nitrogens with zero attached hydrogens (tertiary/aromatic N) is 1. The largest absolute Gasteiger partial charge is 0.443 e. The van der Waals surface area contributed by atoms with E-state index in [0.717, 1.165) is 51.9 Å². The minimum Gasteiger partial charge on any atom is -0.443 e. The van der Waals surface area contributed by atoms with Crippen LogP contribution in [0.1, 0.15) is 44.9 Å². The van der Waals surface area contributed by atoms with Crippen molar-refractivity contribution in [2.75, 3.05) is 19.8 Å². The predicted molar refractivity (Wildman–Crippen MR) is 73.6 cm³/mol. The second-order valence-electron chi connectivity index (χ2n) is 6.88. The van der Waals surface area contributed by atoms with Crippen molar-refractivity contribution in [2.24, 2.45) is 0 Å². The lowest BCUT2D eigenvalue weighted by molar-refractivity contribution is -0.0885. The molecule has 4 saturated heterocycles. The number of carbonyl (C=O) groups is 1. The molecular weight excluding hydrogens is 256 g/mol. The van der Waals surface area contributed by atoms with Crippen LogP contribution in [-0.2, 0) is 9.47 Å². The van der Waals surface area contributed by atoms with Gasteiger partial charge in [-0.05, 0) is 25.7 Å². The molecule has 5 heteroatoms. The van der Waals surface area contributed by atoms with Crippen LogP contribution >= 0.6 is 0 Å². The molecule has 20 heavy (non-hydrogen) atoms. The quantitative estimate of drug-likeness (QED) is 0.793. The van der Waals surface area contributed by atoms with Crippen molar-refractivity contribution in [1.82, 2.24) is 10.2 Å². The molecule has 0 aromatic carbocycles. The second-order valence-corrected chi connectivity index (χ2v) is 6.88. The molecule has 0 radical (unpaired) electrons. The van der Waals surface area contributed by atoms with Gasteiger partial charge < -0.3 is 19.7 Å². The molecule has 4 heterocycles. The van der Waals surface area contributed by atoms with Crippen molar-refractivity contribution in [3.05, 3.63) is 0 Å². The fourth-order valence-electron chi connectivity index (χ4n) is 4.53. The zero-order valence-electron chi connectivity index (χ0n) is 12.0. The van der Waals surface area contributed by atoms with E-state index in [1.165, 1.54) is 12.8 Å². The zero-order valence-corrected chi connectivity index (χ0v) is 12.0. The van der Waals surface area contributed by atoms with Crippen molar-refractivity contribution >= 4 is 6.09 Å². The molecular formula is C15H24N2O3. The maximum atomic E-state index is 12.4. The standard InChI is InChI=1S/C15H24N2O3/c18-14-17(13-3-7-19-8-4-13)6-5-15(20-14)9-11-1-2-12(10-15)16-11/h11-13,16H,1-10H2. The van der Waals surface area contributed by atoms with Gasteiger partial charge >= 0.3 is 6.09 Å². The molecule has 4 rings (SSSR count). The molecule has 5 nitrogen and oxygen atoms in total. The molecule has 2 unspecified atom stereocenters. The molecule has 4 aliphatic heterocycles. The summed E-state index contributed by atoms with van der Waals surface area (Å²) in [5, 5.41) is 3.63. The highest BCUT2D eigenvalue weighted by atomic mass is 16.6. The van der Waals surface area contributed by atoms with Crippen molar-refractivity contribution in [2.45, 2.75) is 68.7 Å². The highest BCUT2D eigenvalue weighted by molar-refractivity contribution is 5.69. The summed E-state index contributed by atoms with van der Waals surface area (Å²) in [6, 6.07) is 1.46. The number of hydrogen-bond acceptors (Lipinski definition) is 4. The molecule has 2 bridgehead atoms. The van der Waals surface area contributed by atoms with Crippen LogP contribution in [-0.4, -0.2) is 54.5 Å². The van der Waals surface area contributed by atoms with Crippen LogP contribution in [0.25, 0.3) is 0 Å². The zero-order chi connectivity index (χ0) is 13.6. The summed E-state index contributed by atoms with van der Waals surface area (Å²) in [6.45, 7) is 2.41. The van der Waals surface area contributed by atoms with Gasteiger partial charge in [0.1, 0.15) is 5.60 Å². The molecule has 0 aromatic heterocycles. The fraction of sp³-hybridized carbons (Fsp3) is 0.933. The Kier molecular flexibility index (Phi) is 3.15. The third kappa shape index (κ3) is 2.21. The Morgan fingerprint density at radius 2 is 1.80 bits per heavy atom. The molecule has 1 N–H and O–H groups in total. The lowest BCUT2D eigenvalue weighted by atomic mass is 9.83. The van der Waals surface area contributed by atoms with Crippen LogP contribution in [0.15, 0.2) is 0 Å². The molecule has 112 valence electrons. The number of hydrogen-bond donors (Lipinski definition) is 1. The van der Waals surface area contributed by atoms with Crippen molar-refractivity contribution in [1.29, 1.82) is 0 Å². The van der Waals surface area contributed by atoms with Crippen molar-refractivity contribution < 1.29 is 14.3 Å². The number of amides is 1. The van der Waals surface area contributed by atoms with E-state index < -0.39 is 0 Å². The molecule has 1 spiro atoms. The number of piperidine rings is 1. The fourth-order valence-corrected chi connectivity index (χ4v) is 4.53. The minimum atomic E-state index is -0.171. The first-order valence-corrected chi connectivity index (χ1v) is 8.08. The van der Waals surface area contributed by atoms with Crippen LogP contribution < -0.4 is 5.32 Å². The van der Waals surface area contributed by atoms with Crippen LogP contribution in [0.3, 0.4) is 0 Å². The van der Waals surface area contributed by atoms with E-state index in [9.17, 15) is 4.79 Å². The summed E-state index contributed by atoms with van der Waals surface area (Å²) >= 11 is 0. The average Bonchev–Trinajstić information content (AvgIpc) is 2.80. The van der Waals surface area contributed by atoms with Gasteiger partial charge in [0.05, 0.1) is 0 Å². The third-order valence-corrected chi connectivity index (χ3v) is 5.55. The summed E-state index contributed by atoms with van der Waals surface area (Å²) in [7, 11) is 0. The minimum absolute atomic E-state index is 0.0792. The van der Waals surface area contributed by atoms with Gasteiger partial charge in [-0.2, -0.15) is 0 Å². The van der Waals surface area contributed by atoms with E-state index in [-0.39, 0.29) is 11.7 Å². The molecule has 0 saturated carbocycles. The maximum Gasteiger partial charge on any atom is 0.410 e. The number of nitrogens with one attached hydrogen (secondary N) is 1. The van der Waals surface area contributed by atoms with Crippen molar-refractivity contribution in [3.63, 3.8) is 0 Å². The van der Waals surface area contributed by atoms with E-state index in [1.54, 1.807) is 0 Å². The van der Waals surface area contributed by atoms with Gasteiger partial charge in [-0.25, -0.2) is 4.79 Å². The summed E-state index contributed by atoms with van der Waals surface area (Å²) in [4.78, 5) is 14.4. The summed E-state index contributed by atoms with van der Waals surface area (Å²) in [6.07, 6.45) is 7.34. The van der Waals surface area contributed by atoms with E-state index >= 15 is 0 Å². The molecule has 1 amide bonds. The van der Waals surface area contributed by atoms with Gasteiger partial charge in [0, 0.05) is 57.1 Å². The Morgan fingerprint density at radius 3 is 2.45 bits per heavy atom. The van der Waals surface area contributed by atoms with E-state index in [4.69, 9.17) is 9.47 Å². The van der Waals surface area contributed by atoms with E-state index in [2.05, 4.69) is 5.32 Å². The molecule has 4 aliphatic rings. The lowest BCUT2D eigenvalue weighted by Crippen LogP contribution is -2.58. The Morgan fingerprint density at radius 1 is 1.10 bits per heavy atom. The summed E-state index contributed by atoms with van der Waals surface area (Å²) in [5.74, 6) is 0. The van der Waals surface area contributed by atoms with Crippen molar-refractivity contribution in [3.8, 4) is 0 Å². The van der Waals surface area contributed by atoms with Gasteiger partial charge in [-0.15, -0.1) is 0 Å². The summed E-state index contributed by atoms with van der Waals surface area (Å²) in [5.41, 5.74) is -0.171. The molecule has 2 atom stereocenters. The van der Waals surface area contributed by atoms with Gasteiger partial charge in [0.25, 0.3) is 0 Å². The van der Waals surface area contributed by atoms with Gasteiger partial charge in [-0.1, -0.05) is 0 Å². The number of ether oxygens (including phenoxy) is 2. The number of rotatable bonds is 1. The number of fused-ring (bicyclic) bond motifs is 2. The van der Waals surface area contributed by atoms with Crippen LogP contribution in [0.4, 0.5) is 4.79 Å². The van der Waals surface area contributed by atoms with E-state index in [0.29, 0.717) is 18.1 Å². The number of carbonyl (C=O) groups excluding carboxylic acids is 1. The average molecular weight is 280 g/mol. The molecule has 4 fully saturated rings. The van der Waals surface area contributed by atoms with Gasteiger partial charge in [0.2, 0.25) is 0 Å². The smallest absolute Gasteiger partial charge is 0.410 e. The first-order valence-electron chi connectivity index (χ1n) is 8.08. The Balaban J connectivity index is 1.43. The normalized spacial score (nSPS) is 42.0. The topological polar surface area (TPSA) is 50.8 Å². The van der Waals surface area contributed by atoms with Crippen LogP contribution in [0, 0.1) is 0 Å². The Labute approximate surface area is 120 Å². The highest BCUT2D eigenvalue weighted by Crippen LogP contribution is 2.41. The molecule has 0 aliphatic carbocycles. The summed E-state index contributed by atoms with van der Waals surface area (Å²) < 4.78 is 11.4. The van der Waals surface area contributed by atoms with Crippen LogP contribution in [0.5, 0.6) is 0 Å². The third-order valence-electron chi connectivity index (χ3n) is 5.55.